The van der Waals surface area contributed by atoms with Crippen LogP contribution in [0.25, 0.3) is 0 Å². The molecule has 14 heavy (non-hydrogen) atoms. The Labute approximate surface area is 86.5 Å². The highest BCUT2D eigenvalue weighted by Crippen LogP contribution is 2.20. The summed E-state index contributed by atoms with van der Waals surface area (Å²) in [5, 5.41) is 10.3. The van der Waals surface area contributed by atoms with Crippen LogP contribution < -0.4 is 5.73 Å². The molecule has 1 rings (SSSR count). The van der Waals surface area contributed by atoms with Gasteiger partial charge in [-0.1, -0.05) is 6.92 Å². The summed E-state index contributed by atoms with van der Waals surface area (Å²) in [7, 11) is -3.25. The Morgan fingerprint density at radius 3 is 2.86 bits per heavy atom. The van der Waals surface area contributed by atoms with Gasteiger partial charge in [-0.15, -0.1) is 11.3 Å². The van der Waals surface area contributed by atoms with Crippen LogP contribution in [0.1, 0.15) is 18.7 Å². The monoisotopic (exact) mass is 236 g/mol. The SMILES string of the molecule is CCS(=O)(=O)c1nc(C(N)CO)cs1. The van der Waals surface area contributed by atoms with Crippen LogP contribution in [-0.2, 0) is 9.84 Å². The number of sulfone groups is 1. The van der Waals surface area contributed by atoms with Crippen molar-refractivity contribution in [3.8, 4) is 0 Å². The van der Waals surface area contributed by atoms with Gasteiger partial charge in [-0.3, -0.25) is 0 Å². The molecule has 80 valence electrons. The minimum atomic E-state index is -3.25. The zero-order valence-electron chi connectivity index (χ0n) is 7.67. The van der Waals surface area contributed by atoms with E-state index in [9.17, 15) is 8.42 Å². The molecule has 1 atom stereocenters. The molecule has 1 aromatic heterocycles. The predicted molar refractivity (Wildman–Crippen MR) is 53.9 cm³/mol. The van der Waals surface area contributed by atoms with E-state index in [0.29, 0.717) is 5.69 Å². The summed E-state index contributed by atoms with van der Waals surface area (Å²) in [6.07, 6.45) is 0. The van der Waals surface area contributed by atoms with Crippen LogP contribution in [0.3, 0.4) is 0 Å². The van der Waals surface area contributed by atoms with Gasteiger partial charge in [-0.05, 0) is 0 Å². The first-order valence-corrected chi connectivity index (χ1v) is 6.59. The van der Waals surface area contributed by atoms with Gasteiger partial charge in [0.1, 0.15) is 0 Å². The Bertz CT molecular complexity index is 399. The van der Waals surface area contributed by atoms with Crippen LogP contribution >= 0.6 is 11.3 Å². The third-order valence-corrected chi connectivity index (χ3v) is 4.81. The van der Waals surface area contributed by atoms with Crippen LogP contribution in [0, 0.1) is 0 Å². The maximum absolute atomic E-state index is 11.4. The number of thiazole rings is 1. The summed E-state index contributed by atoms with van der Waals surface area (Å²) in [5.41, 5.74) is 5.91. The first kappa shape index (κ1) is 11.6. The van der Waals surface area contributed by atoms with Crippen molar-refractivity contribution in [1.82, 2.24) is 4.98 Å². The topological polar surface area (TPSA) is 93.3 Å². The molecule has 0 fully saturated rings. The first-order chi connectivity index (χ1) is 6.51. The van der Waals surface area contributed by atoms with Crippen molar-refractivity contribution in [1.29, 1.82) is 0 Å². The van der Waals surface area contributed by atoms with Crippen molar-refractivity contribution in [2.45, 2.75) is 17.3 Å². The highest BCUT2D eigenvalue weighted by atomic mass is 32.2. The Morgan fingerprint density at radius 2 is 2.36 bits per heavy atom. The molecule has 0 amide bonds. The number of rotatable bonds is 4. The van der Waals surface area contributed by atoms with E-state index in [1.807, 2.05) is 0 Å². The smallest absolute Gasteiger partial charge is 0.209 e. The average molecular weight is 236 g/mol. The second-order valence-electron chi connectivity index (χ2n) is 2.73. The lowest BCUT2D eigenvalue weighted by Gasteiger charge is -2.02. The van der Waals surface area contributed by atoms with Crippen LogP contribution in [0.2, 0.25) is 0 Å². The molecular formula is C7H12N2O3S2. The molecule has 1 unspecified atom stereocenters. The van der Waals surface area contributed by atoms with Crippen molar-refractivity contribution in [3.05, 3.63) is 11.1 Å². The number of hydrogen-bond donors (Lipinski definition) is 2. The van der Waals surface area contributed by atoms with Crippen LogP contribution in [0.4, 0.5) is 0 Å². The molecule has 3 N–H and O–H groups in total. The fraction of sp³-hybridized carbons (Fsp3) is 0.571. The zero-order chi connectivity index (χ0) is 10.8. The number of aliphatic hydroxyl groups is 1. The quantitative estimate of drug-likeness (QED) is 0.763. The van der Waals surface area contributed by atoms with E-state index in [1.165, 1.54) is 0 Å². The standard InChI is InChI=1S/C7H12N2O3S2/c1-2-14(11,12)7-9-6(4-13-7)5(8)3-10/h4-5,10H,2-3,8H2,1H3. The van der Waals surface area contributed by atoms with Crippen molar-refractivity contribution in [3.63, 3.8) is 0 Å². The molecule has 5 nitrogen and oxygen atoms in total. The van der Waals surface area contributed by atoms with E-state index in [1.54, 1.807) is 12.3 Å². The normalized spacial score (nSPS) is 14.2. The lowest BCUT2D eigenvalue weighted by molar-refractivity contribution is 0.266. The first-order valence-electron chi connectivity index (χ1n) is 4.06. The molecular weight excluding hydrogens is 224 g/mol. The third kappa shape index (κ3) is 2.30. The number of nitrogens with two attached hydrogens (primary N) is 1. The minimum absolute atomic E-state index is 0.0221. The van der Waals surface area contributed by atoms with Gasteiger partial charge in [0, 0.05) is 5.38 Å². The van der Waals surface area contributed by atoms with E-state index < -0.39 is 15.9 Å². The summed E-state index contributed by atoms with van der Waals surface area (Å²) < 4.78 is 22.8. The van der Waals surface area contributed by atoms with Gasteiger partial charge in [0.25, 0.3) is 0 Å². The van der Waals surface area contributed by atoms with Gasteiger partial charge in [0.05, 0.1) is 24.1 Å². The van der Waals surface area contributed by atoms with Crippen molar-refractivity contribution in [2.75, 3.05) is 12.4 Å². The minimum Gasteiger partial charge on any atom is -0.394 e. The molecule has 0 aromatic carbocycles. The van der Waals surface area contributed by atoms with E-state index in [4.69, 9.17) is 10.8 Å². The van der Waals surface area contributed by atoms with Gasteiger partial charge >= 0.3 is 0 Å². The number of aliphatic hydroxyl groups excluding tert-OH is 1. The summed E-state index contributed by atoms with van der Waals surface area (Å²) in [6.45, 7) is 1.32. The van der Waals surface area contributed by atoms with E-state index in [0.717, 1.165) is 11.3 Å². The van der Waals surface area contributed by atoms with Gasteiger partial charge in [0.15, 0.2) is 0 Å². The van der Waals surface area contributed by atoms with Crippen molar-refractivity contribution < 1.29 is 13.5 Å². The third-order valence-electron chi connectivity index (χ3n) is 1.72. The summed E-state index contributed by atoms with van der Waals surface area (Å²) in [6, 6.07) is -0.605. The van der Waals surface area contributed by atoms with Gasteiger partial charge in [-0.2, -0.15) is 0 Å². The fourth-order valence-electron chi connectivity index (χ4n) is 0.799. The van der Waals surface area contributed by atoms with Crippen LogP contribution in [0.15, 0.2) is 9.72 Å². The maximum Gasteiger partial charge on any atom is 0.209 e. The Hall–Kier alpha value is -0.500. The second-order valence-corrected chi connectivity index (χ2v) is 6.04. The molecule has 0 aliphatic heterocycles. The van der Waals surface area contributed by atoms with E-state index in [-0.39, 0.29) is 16.7 Å². The average Bonchev–Trinajstić information content (AvgIpc) is 2.66. The Balaban J connectivity index is 3.00. The van der Waals surface area contributed by atoms with E-state index >= 15 is 0 Å². The van der Waals surface area contributed by atoms with Gasteiger partial charge in [-0.25, -0.2) is 13.4 Å². The highest BCUT2D eigenvalue weighted by Gasteiger charge is 2.18. The molecule has 0 saturated carbocycles. The lowest BCUT2D eigenvalue weighted by atomic mass is 10.3. The summed E-state index contributed by atoms with van der Waals surface area (Å²) >= 11 is 1.03. The molecule has 0 aliphatic carbocycles. The highest BCUT2D eigenvalue weighted by molar-refractivity contribution is 7.93. The summed E-state index contributed by atoms with van der Waals surface area (Å²) in [4.78, 5) is 3.87. The molecule has 1 heterocycles. The van der Waals surface area contributed by atoms with Crippen molar-refractivity contribution >= 4 is 21.2 Å². The number of hydrogen-bond acceptors (Lipinski definition) is 6. The number of aromatic nitrogens is 1. The van der Waals surface area contributed by atoms with E-state index in [2.05, 4.69) is 4.98 Å². The molecule has 0 radical (unpaired) electrons. The van der Waals surface area contributed by atoms with Crippen LogP contribution in [-0.4, -0.2) is 30.9 Å². The molecule has 0 aliphatic rings. The second kappa shape index (κ2) is 4.35. The Morgan fingerprint density at radius 1 is 1.71 bits per heavy atom. The van der Waals surface area contributed by atoms with Gasteiger partial charge < -0.3 is 10.8 Å². The maximum atomic E-state index is 11.4. The molecule has 1 aromatic rings. The lowest BCUT2D eigenvalue weighted by Crippen LogP contribution is -2.15. The van der Waals surface area contributed by atoms with Crippen molar-refractivity contribution in [2.24, 2.45) is 5.73 Å². The zero-order valence-corrected chi connectivity index (χ0v) is 9.31. The molecule has 0 spiro atoms. The predicted octanol–water partition coefficient (Wildman–Crippen LogP) is -0.0712. The number of nitrogens with zero attached hydrogens (tertiary/aromatic N) is 1. The fourth-order valence-corrected chi connectivity index (χ4v) is 2.98. The van der Waals surface area contributed by atoms with Gasteiger partial charge in [0.2, 0.25) is 14.2 Å². The Kier molecular flexibility index (Phi) is 3.59. The van der Waals surface area contributed by atoms with Crippen LogP contribution in [0.5, 0.6) is 0 Å². The molecule has 0 bridgehead atoms. The largest absolute Gasteiger partial charge is 0.394 e. The summed E-state index contributed by atoms with van der Waals surface area (Å²) in [5.74, 6) is 0.0221. The molecule has 0 saturated heterocycles. The molecule has 7 heteroatoms.